The molecule has 0 spiro atoms. The van der Waals surface area contributed by atoms with Crippen LogP contribution in [0.25, 0.3) is 0 Å². The molecule has 0 unspecified atom stereocenters. The Balaban J connectivity index is 2.16. The van der Waals surface area contributed by atoms with Crippen LogP contribution in [0.4, 0.5) is 0 Å². The maximum absolute atomic E-state index is 5.32. The van der Waals surface area contributed by atoms with Gasteiger partial charge in [0, 0.05) is 24.5 Å². The third kappa shape index (κ3) is 3.41. The minimum Gasteiger partial charge on any atom is -0.375 e. The molecule has 0 aliphatic carbocycles. The van der Waals surface area contributed by atoms with Crippen molar-refractivity contribution in [2.75, 3.05) is 20.2 Å². The van der Waals surface area contributed by atoms with Crippen molar-refractivity contribution in [3.8, 4) is 0 Å². The van der Waals surface area contributed by atoms with Crippen molar-refractivity contribution in [3.05, 3.63) is 24.3 Å². The van der Waals surface area contributed by atoms with E-state index in [-0.39, 0.29) is 0 Å². The highest BCUT2D eigenvalue weighted by Gasteiger charge is 1.91. The molecule has 0 radical (unpaired) electrons. The molecule has 12 heavy (non-hydrogen) atoms. The average Bonchev–Trinajstić information content (AvgIpc) is 2.14. The summed E-state index contributed by atoms with van der Waals surface area (Å²) in [5.74, 6) is 0. The van der Waals surface area contributed by atoms with Gasteiger partial charge in [-0.2, -0.15) is 0 Å². The van der Waals surface area contributed by atoms with Crippen LogP contribution in [0.3, 0.4) is 0 Å². The molecule has 1 heterocycles. The number of ether oxygens (including phenoxy) is 1. The van der Waals surface area contributed by atoms with Gasteiger partial charge in [0.05, 0.1) is 13.2 Å². The zero-order valence-corrected chi connectivity index (χ0v) is 7.16. The highest BCUT2D eigenvalue weighted by Crippen LogP contribution is 1.94. The molecular weight excluding hydrogens is 154 g/mol. The number of rotatable bonds is 5. The van der Waals surface area contributed by atoms with E-state index in [0.29, 0.717) is 13.2 Å². The van der Waals surface area contributed by atoms with Crippen LogP contribution in [0.1, 0.15) is 5.56 Å². The molecule has 4 nitrogen and oxygen atoms in total. The van der Waals surface area contributed by atoms with Crippen molar-refractivity contribution >= 4 is 0 Å². The lowest BCUT2D eigenvalue weighted by molar-refractivity contribution is 0.123. The molecule has 0 fully saturated rings. The SMILES string of the molecule is CNCCOCc1cncnc1. The quantitative estimate of drug-likeness (QED) is 0.637. The van der Waals surface area contributed by atoms with Gasteiger partial charge in [0.25, 0.3) is 0 Å². The molecule has 0 aromatic carbocycles. The number of hydrogen-bond donors (Lipinski definition) is 1. The van der Waals surface area contributed by atoms with Gasteiger partial charge in [-0.3, -0.25) is 0 Å². The largest absolute Gasteiger partial charge is 0.375 e. The minimum atomic E-state index is 0.586. The van der Waals surface area contributed by atoms with Gasteiger partial charge in [-0.25, -0.2) is 9.97 Å². The first-order chi connectivity index (χ1) is 5.93. The maximum atomic E-state index is 5.32. The number of hydrogen-bond acceptors (Lipinski definition) is 4. The van der Waals surface area contributed by atoms with Crippen molar-refractivity contribution < 1.29 is 4.74 Å². The number of nitrogens with one attached hydrogen (secondary N) is 1. The molecule has 1 N–H and O–H groups in total. The lowest BCUT2D eigenvalue weighted by Gasteiger charge is -2.01. The van der Waals surface area contributed by atoms with Crippen LogP contribution in [0, 0.1) is 0 Å². The second kappa shape index (κ2) is 5.62. The van der Waals surface area contributed by atoms with Crippen LogP contribution in [-0.2, 0) is 11.3 Å². The van der Waals surface area contributed by atoms with Gasteiger partial charge in [0.2, 0.25) is 0 Å². The summed E-state index contributed by atoms with van der Waals surface area (Å²) in [5, 5.41) is 3.00. The maximum Gasteiger partial charge on any atom is 0.115 e. The number of aromatic nitrogens is 2. The van der Waals surface area contributed by atoms with Crippen molar-refractivity contribution in [3.63, 3.8) is 0 Å². The van der Waals surface area contributed by atoms with E-state index in [0.717, 1.165) is 12.1 Å². The summed E-state index contributed by atoms with van der Waals surface area (Å²) in [6.45, 7) is 2.17. The number of likely N-dealkylation sites (N-methyl/N-ethyl adjacent to an activating group) is 1. The molecule has 0 atom stereocenters. The van der Waals surface area contributed by atoms with Crippen LogP contribution in [-0.4, -0.2) is 30.2 Å². The second-order valence-electron chi connectivity index (χ2n) is 2.40. The molecule has 0 amide bonds. The molecule has 4 heteroatoms. The zero-order chi connectivity index (χ0) is 8.65. The molecular formula is C8H13N3O. The van der Waals surface area contributed by atoms with Crippen LogP contribution < -0.4 is 5.32 Å². The fourth-order valence-corrected chi connectivity index (χ4v) is 0.769. The van der Waals surface area contributed by atoms with E-state index in [1.807, 2.05) is 7.05 Å². The molecule has 0 saturated heterocycles. The van der Waals surface area contributed by atoms with E-state index in [9.17, 15) is 0 Å². The first-order valence-electron chi connectivity index (χ1n) is 3.89. The molecule has 0 aliphatic heterocycles. The lowest BCUT2D eigenvalue weighted by Crippen LogP contribution is -2.14. The third-order valence-electron chi connectivity index (χ3n) is 1.38. The Bertz CT molecular complexity index is 203. The Hall–Kier alpha value is -1.00. The zero-order valence-electron chi connectivity index (χ0n) is 7.16. The van der Waals surface area contributed by atoms with Crippen molar-refractivity contribution in [1.29, 1.82) is 0 Å². The Kier molecular flexibility index (Phi) is 4.26. The van der Waals surface area contributed by atoms with E-state index in [1.54, 1.807) is 12.4 Å². The molecule has 0 aliphatic rings. The van der Waals surface area contributed by atoms with E-state index < -0.39 is 0 Å². The summed E-state index contributed by atoms with van der Waals surface area (Å²) in [7, 11) is 1.90. The Morgan fingerprint density at radius 3 is 2.83 bits per heavy atom. The smallest absolute Gasteiger partial charge is 0.115 e. The van der Waals surface area contributed by atoms with Crippen LogP contribution >= 0.6 is 0 Å². The molecule has 66 valence electrons. The minimum absolute atomic E-state index is 0.586. The predicted octanol–water partition coefficient (Wildman–Crippen LogP) is 0.213. The Morgan fingerprint density at radius 1 is 1.42 bits per heavy atom. The lowest BCUT2D eigenvalue weighted by atomic mass is 10.4. The Labute approximate surface area is 72.0 Å². The summed E-state index contributed by atoms with van der Waals surface area (Å²) in [6.07, 6.45) is 5.02. The fourth-order valence-electron chi connectivity index (χ4n) is 0.769. The van der Waals surface area contributed by atoms with Gasteiger partial charge in [-0.15, -0.1) is 0 Å². The standard InChI is InChI=1S/C8H13N3O/c1-9-2-3-12-6-8-4-10-7-11-5-8/h4-5,7,9H,2-3,6H2,1H3. The second-order valence-corrected chi connectivity index (χ2v) is 2.40. The summed E-state index contributed by atoms with van der Waals surface area (Å²) in [6, 6.07) is 0. The van der Waals surface area contributed by atoms with Gasteiger partial charge >= 0.3 is 0 Å². The Morgan fingerprint density at radius 2 is 2.17 bits per heavy atom. The average molecular weight is 167 g/mol. The molecule has 0 saturated carbocycles. The highest BCUT2D eigenvalue weighted by molar-refractivity contribution is 4.99. The van der Waals surface area contributed by atoms with Crippen molar-refractivity contribution in [2.24, 2.45) is 0 Å². The highest BCUT2D eigenvalue weighted by atomic mass is 16.5. The van der Waals surface area contributed by atoms with Crippen LogP contribution in [0.5, 0.6) is 0 Å². The van der Waals surface area contributed by atoms with E-state index in [4.69, 9.17) is 4.74 Å². The van der Waals surface area contributed by atoms with Gasteiger partial charge in [0.1, 0.15) is 6.33 Å². The predicted molar refractivity (Wildman–Crippen MR) is 45.6 cm³/mol. The van der Waals surface area contributed by atoms with Gasteiger partial charge in [-0.05, 0) is 7.05 Å². The first-order valence-corrected chi connectivity index (χ1v) is 3.89. The van der Waals surface area contributed by atoms with Gasteiger partial charge in [0.15, 0.2) is 0 Å². The summed E-state index contributed by atoms with van der Waals surface area (Å²) < 4.78 is 5.32. The van der Waals surface area contributed by atoms with Gasteiger partial charge < -0.3 is 10.1 Å². The first kappa shape index (κ1) is 9.09. The monoisotopic (exact) mass is 167 g/mol. The van der Waals surface area contributed by atoms with E-state index >= 15 is 0 Å². The third-order valence-corrected chi connectivity index (χ3v) is 1.38. The molecule has 1 aromatic rings. The number of nitrogens with zero attached hydrogens (tertiary/aromatic N) is 2. The summed E-state index contributed by atoms with van der Waals surface area (Å²) >= 11 is 0. The van der Waals surface area contributed by atoms with Gasteiger partial charge in [-0.1, -0.05) is 0 Å². The van der Waals surface area contributed by atoms with Crippen molar-refractivity contribution in [1.82, 2.24) is 15.3 Å². The molecule has 0 bridgehead atoms. The van der Waals surface area contributed by atoms with E-state index in [1.165, 1.54) is 6.33 Å². The topological polar surface area (TPSA) is 47.0 Å². The molecule has 1 aromatic heterocycles. The summed E-state index contributed by atoms with van der Waals surface area (Å²) in [4.78, 5) is 7.75. The molecule has 1 rings (SSSR count). The van der Waals surface area contributed by atoms with Crippen molar-refractivity contribution in [2.45, 2.75) is 6.61 Å². The summed E-state index contributed by atoms with van der Waals surface area (Å²) in [5.41, 5.74) is 1.01. The fraction of sp³-hybridized carbons (Fsp3) is 0.500. The normalized spacial score (nSPS) is 10.1. The van der Waals surface area contributed by atoms with Crippen LogP contribution in [0.2, 0.25) is 0 Å². The van der Waals surface area contributed by atoms with E-state index in [2.05, 4.69) is 15.3 Å². The van der Waals surface area contributed by atoms with Crippen LogP contribution in [0.15, 0.2) is 18.7 Å².